The monoisotopic (exact) mass is 444 g/mol. The van der Waals surface area contributed by atoms with E-state index >= 15 is 0 Å². The molecule has 26 heavy (non-hydrogen) atoms. The molecule has 1 aromatic rings. The summed E-state index contributed by atoms with van der Waals surface area (Å²) in [6, 6.07) is 0. The van der Waals surface area contributed by atoms with Gasteiger partial charge < -0.3 is 20.1 Å². The summed E-state index contributed by atoms with van der Waals surface area (Å²) >= 11 is 18.9. The number of thiophene rings is 1. The first-order valence-electron chi connectivity index (χ1n) is 7.50. The number of carbonyl (C=O) groups excluding carboxylic acids is 3. The molecule has 0 spiro atoms. The van der Waals surface area contributed by atoms with Crippen LogP contribution in [0.15, 0.2) is 0 Å². The Bertz CT molecular complexity index is 688. The fourth-order valence-electron chi connectivity index (χ4n) is 1.95. The number of hydrogen-bond donors (Lipinski definition) is 2. The molecule has 1 unspecified atom stereocenters. The van der Waals surface area contributed by atoms with Crippen molar-refractivity contribution >= 4 is 69.0 Å². The fourth-order valence-corrected chi connectivity index (χ4v) is 3.41. The van der Waals surface area contributed by atoms with Gasteiger partial charge in [0.05, 0.1) is 12.2 Å². The van der Waals surface area contributed by atoms with Gasteiger partial charge in [0.1, 0.15) is 17.8 Å². The van der Waals surface area contributed by atoms with Gasteiger partial charge in [-0.1, -0.05) is 34.8 Å². The number of rotatable bonds is 7. The van der Waals surface area contributed by atoms with Crippen molar-refractivity contribution in [2.75, 3.05) is 11.9 Å². The number of amides is 1. The second-order valence-corrected chi connectivity index (χ2v) is 8.65. The van der Waals surface area contributed by atoms with E-state index in [9.17, 15) is 14.4 Å². The molecule has 0 fully saturated rings. The van der Waals surface area contributed by atoms with Gasteiger partial charge in [0.25, 0.3) is 0 Å². The Morgan fingerprint density at radius 3 is 2.27 bits per heavy atom. The number of nitrogens with one attached hydrogen (secondary N) is 2. The minimum atomic E-state index is -1.88. The predicted molar refractivity (Wildman–Crippen MR) is 102 cm³/mol. The normalized spacial score (nSPS) is 12.3. The number of hydrogen-bond acceptors (Lipinski definition) is 7. The van der Waals surface area contributed by atoms with E-state index < -0.39 is 27.8 Å². The Labute approximate surface area is 170 Å². The summed E-state index contributed by atoms with van der Waals surface area (Å²) in [6.45, 7) is 6.07. The Morgan fingerprint density at radius 1 is 1.19 bits per heavy atom. The van der Waals surface area contributed by atoms with Gasteiger partial charge >= 0.3 is 11.9 Å². The summed E-state index contributed by atoms with van der Waals surface area (Å²) < 4.78 is 8.18. The van der Waals surface area contributed by atoms with Crippen LogP contribution in [-0.2, 0) is 25.7 Å². The van der Waals surface area contributed by atoms with Crippen LogP contribution in [0, 0.1) is 6.92 Å². The van der Waals surface area contributed by atoms with Crippen molar-refractivity contribution in [2.45, 2.75) is 44.3 Å². The van der Waals surface area contributed by atoms with Gasteiger partial charge in [0.15, 0.2) is 0 Å². The lowest BCUT2D eigenvalue weighted by atomic mass is 10.1. The molecule has 1 rings (SSSR count). The fraction of sp³-hybridized carbons (Fsp3) is 0.533. The smallest absolute Gasteiger partial charge is 0.341 e. The summed E-state index contributed by atoms with van der Waals surface area (Å²) in [4.78, 5) is 35.4. The third kappa shape index (κ3) is 6.50. The molecule has 0 bridgehead atoms. The van der Waals surface area contributed by atoms with E-state index in [2.05, 4.69) is 10.6 Å². The molecule has 1 aromatic heterocycles. The lowest BCUT2D eigenvalue weighted by Gasteiger charge is -2.26. The first-order chi connectivity index (χ1) is 12.0. The lowest BCUT2D eigenvalue weighted by molar-refractivity contribution is -0.142. The minimum Gasteiger partial charge on any atom is -0.462 e. The van der Waals surface area contributed by atoms with Crippen molar-refractivity contribution in [1.29, 1.82) is 0 Å². The van der Waals surface area contributed by atoms with E-state index in [0.717, 1.165) is 11.3 Å². The number of anilines is 1. The molecular weight excluding hydrogens is 427 g/mol. The number of halogens is 3. The zero-order valence-corrected chi connectivity index (χ0v) is 17.7. The number of alkyl halides is 3. The van der Waals surface area contributed by atoms with Crippen LogP contribution < -0.4 is 10.6 Å². The lowest BCUT2D eigenvalue weighted by Crippen LogP contribution is -2.48. The van der Waals surface area contributed by atoms with Crippen molar-refractivity contribution in [3.8, 4) is 0 Å². The largest absolute Gasteiger partial charge is 0.462 e. The third-order valence-corrected chi connectivity index (χ3v) is 4.93. The molecule has 0 aliphatic rings. The highest BCUT2D eigenvalue weighted by Crippen LogP contribution is 2.38. The van der Waals surface area contributed by atoms with Crippen LogP contribution in [0.4, 0.5) is 5.00 Å². The maximum atomic E-state index is 12.3. The van der Waals surface area contributed by atoms with Crippen molar-refractivity contribution in [1.82, 2.24) is 5.32 Å². The Morgan fingerprint density at radius 2 is 1.81 bits per heavy atom. The highest BCUT2D eigenvalue weighted by Gasteiger charge is 2.35. The van der Waals surface area contributed by atoms with Gasteiger partial charge in [-0.15, -0.1) is 11.3 Å². The quantitative estimate of drug-likeness (QED) is 0.379. The minimum absolute atomic E-state index is 0.0154. The zero-order valence-electron chi connectivity index (χ0n) is 14.6. The summed E-state index contributed by atoms with van der Waals surface area (Å²) in [5.74, 6) is -1.47. The summed E-state index contributed by atoms with van der Waals surface area (Å²) in [7, 11) is 0. The van der Waals surface area contributed by atoms with E-state index in [4.69, 9.17) is 44.3 Å². The van der Waals surface area contributed by atoms with Gasteiger partial charge in [0.2, 0.25) is 9.70 Å². The Balaban J connectivity index is 3.28. The molecule has 0 radical (unpaired) electrons. The van der Waals surface area contributed by atoms with E-state index in [1.807, 2.05) is 0 Å². The predicted octanol–water partition coefficient (Wildman–Crippen LogP) is 3.54. The Hall–Kier alpha value is -1.22. The van der Waals surface area contributed by atoms with Crippen LogP contribution in [-0.4, -0.2) is 34.4 Å². The average Bonchev–Trinajstić information content (AvgIpc) is 2.79. The number of carbonyl (C=O) groups is 3. The van der Waals surface area contributed by atoms with Crippen LogP contribution in [0.1, 0.15) is 41.6 Å². The topological polar surface area (TPSA) is 93.7 Å². The van der Waals surface area contributed by atoms with Crippen molar-refractivity contribution in [3.63, 3.8) is 0 Å². The second kappa shape index (κ2) is 9.64. The highest BCUT2D eigenvalue weighted by molar-refractivity contribution is 7.16. The molecule has 1 heterocycles. The molecule has 1 atom stereocenters. The van der Waals surface area contributed by atoms with Crippen LogP contribution in [0.3, 0.4) is 0 Å². The second-order valence-electron chi connectivity index (χ2n) is 5.17. The van der Waals surface area contributed by atoms with E-state index in [1.165, 1.54) is 13.8 Å². The van der Waals surface area contributed by atoms with Crippen LogP contribution >= 0.6 is 46.1 Å². The molecule has 11 heteroatoms. The molecule has 0 aromatic carbocycles. The molecule has 0 saturated carbocycles. The van der Waals surface area contributed by atoms with Gasteiger partial charge in [0, 0.05) is 18.7 Å². The van der Waals surface area contributed by atoms with Crippen molar-refractivity contribution in [2.24, 2.45) is 0 Å². The first-order valence-corrected chi connectivity index (χ1v) is 9.45. The molecule has 0 aliphatic carbocycles. The molecule has 1 amide bonds. The van der Waals surface area contributed by atoms with Crippen molar-refractivity contribution in [3.05, 3.63) is 16.0 Å². The third-order valence-electron chi connectivity index (χ3n) is 3.08. The Kier molecular flexibility index (Phi) is 8.46. The maximum absolute atomic E-state index is 12.3. The van der Waals surface area contributed by atoms with Gasteiger partial charge in [-0.2, -0.15) is 0 Å². The molecule has 2 N–H and O–H groups in total. The van der Waals surface area contributed by atoms with Gasteiger partial charge in [-0.05, 0) is 19.4 Å². The summed E-state index contributed by atoms with van der Waals surface area (Å²) in [5.41, 5.74) is 0.798. The van der Waals surface area contributed by atoms with Crippen molar-refractivity contribution < 1.29 is 23.9 Å². The van der Waals surface area contributed by atoms with E-state index in [0.29, 0.717) is 15.4 Å². The first kappa shape index (κ1) is 22.8. The van der Waals surface area contributed by atoms with E-state index in [1.54, 1.807) is 13.8 Å². The maximum Gasteiger partial charge on any atom is 0.341 e. The summed E-state index contributed by atoms with van der Waals surface area (Å²) in [6.07, 6.45) is -1.10. The van der Waals surface area contributed by atoms with E-state index in [-0.39, 0.29) is 18.8 Å². The standard InChI is InChI=1S/C15H19Cl3N2O5S/c1-5-24-13(23)11-7(2)10(6-25-9(4)22)26-12(11)20-14(15(16,17)18)19-8(3)21/h14,20H,5-6H2,1-4H3,(H,19,21). The molecule has 0 saturated heterocycles. The molecule has 7 nitrogen and oxygen atoms in total. The highest BCUT2D eigenvalue weighted by atomic mass is 35.6. The average molecular weight is 446 g/mol. The molecule has 146 valence electrons. The zero-order chi connectivity index (χ0) is 20.1. The van der Waals surface area contributed by atoms with Crippen LogP contribution in [0.25, 0.3) is 0 Å². The van der Waals surface area contributed by atoms with Crippen LogP contribution in [0.5, 0.6) is 0 Å². The number of ether oxygens (including phenoxy) is 2. The molecule has 0 aliphatic heterocycles. The molecular formula is C15H19Cl3N2O5S. The number of esters is 2. The van der Waals surface area contributed by atoms with Crippen LogP contribution in [0.2, 0.25) is 0 Å². The SMILES string of the molecule is CCOC(=O)c1c(NC(NC(C)=O)C(Cl)(Cl)Cl)sc(COC(C)=O)c1C. The van der Waals surface area contributed by atoms with Gasteiger partial charge in [-0.25, -0.2) is 4.79 Å². The summed E-state index contributed by atoms with van der Waals surface area (Å²) in [5, 5.41) is 5.65. The van der Waals surface area contributed by atoms with Gasteiger partial charge in [-0.3, -0.25) is 9.59 Å².